The van der Waals surface area contributed by atoms with Gasteiger partial charge in [-0.15, -0.1) is 0 Å². The summed E-state index contributed by atoms with van der Waals surface area (Å²) >= 11 is 2.73. The molecule has 4 aromatic rings. The van der Waals surface area contributed by atoms with Crippen molar-refractivity contribution >= 4 is 45.1 Å². The molecule has 1 amide bonds. The van der Waals surface area contributed by atoms with Crippen LogP contribution in [0.25, 0.3) is 21.5 Å². The van der Waals surface area contributed by atoms with Crippen molar-refractivity contribution in [3.05, 3.63) is 59.9 Å². The van der Waals surface area contributed by atoms with Crippen LogP contribution in [0.2, 0.25) is 0 Å². The van der Waals surface area contributed by atoms with Crippen LogP contribution in [0.5, 0.6) is 5.75 Å². The molecule has 1 N–H and O–H groups in total. The van der Waals surface area contributed by atoms with Crippen LogP contribution in [-0.2, 0) is 4.79 Å². The molecule has 0 aliphatic rings. The van der Waals surface area contributed by atoms with Crippen molar-refractivity contribution in [3.63, 3.8) is 0 Å². The number of carbonyl (C=O) groups is 1. The summed E-state index contributed by atoms with van der Waals surface area (Å²) in [6.07, 6.45) is 1.52. The maximum Gasteiger partial charge on any atom is 0.234 e. The van der Waals surface area contributed by atoms with Gasteiger partial charge in [-0.3, -0.25) is 4.79 Å². The van der Waals surface area contributed by atoms with Gasteiger partial charge in [0.15, 0.2) is 0 Å². The molecular weight excluding hydrogens is 416 g/mol. The topological polar surface area (TPSA) is 77.0 Å². The second-order valence-electron chi connectivity index (χ2n) is 6.75. The van der Waals surface area contributed by atoms with Crippen LogP contribution >= 0.6 is 23.3 Å². The maximum atomic E-state index is 12.4. The number of hydrogen-bond donors (Lipinski definition) is 1. The molecule has 0 aliphatic carbocycles. The molecule has 0 saturated heterocycles. The molecule has 2 heterocycles. The Hall–Kier alpha value is -2.97. The van der Waals surface area contributed by atoms with Crippen molar-refractivity contribution in [2.45, 2.75) is 18.9 Å². The number of thioether (sulfide) groups is 1. The van der Waals surface area contributed by atoms with Crippen LogP contribution in [0.3, 0.4) is 0 Å². The second-order valence-corrected chi connectivity index (χ2v) is 8.49. The molecule has 0 aliphatic heterocycles. The van der Waals surface area contributed by atoms with E-state index in [2.05, 4.69) is 19.7 Å². The SMILES string of the molecule is COc1ccc(-c2nsc3c(SCC(=O)Nc4ccc(C)c(C)c4)ncnc23)cc1. The van der Waals surface area contributed by atoms with E-state index in [1.807, 2.05) is 56.3 Å². The number of benzene rings is 2. The fourth-order valence-corrected chi connectivity index (χ4v) is 4.65. The van der Waals surface area contributed by atoms with E-state index in [9.17, 15) is 4.79 Å². The van der Waals surface area contributed by atoms with Gasteiger partial charge in [0.1, 0.15) is 33.0 Å². The Morgan fingerprint density at radius 3 is 2.63 bits per heavy atom. The van der Waals surface area contributed by atoms with E-state index in [0.29, 0.717) is 0 Å². The average Bonchev–Trinajstić information content (AvgIpc) is 3.20. The fourth-order valence-electron chi connectivity index (χ4n) is 2.93. The van der Waals surface area contributed by atoms with Gasteiger partial charge in [-0.25, -0.2) is 9.97 Å². The third-order valence-corrected chi connectivity index (χ3v) is 6.68. The Labute approximate surface area is 182 Å². The second kappa shape index (κ2) is 8.81. The van der Waals surface area contributed by atoms with Crippen molar-refractivity contribution in [1.82, 2.24) is 14.3 Å². The molecule has 0 atom stereocenters. The van der Waals surface area contributed by atoms with Gasteiger partial charge in [0.2, 0.25) is 5.91 Å². The van der Waals surface area contributed by atoms with Crippen LogP contribution in [0, 0.1) is 13.8 Å². The smallest absolute Gasteiger partial charge is 0.234 e. The summed E-state index contributed by atoms with van der Waals surface area (Å²) in [5, 5.41) is 3.70. The molecule has 2 aromatic heterocycles. The molecule has 30 heavy (non-hydrogen) atoms. The maximum absolute atomic E-state index is 12.4. The van der Waals surface area contributed by atoms with E-state index in [1.165, 1.54) is 35.2 Å². The van der Waals surface area contributed by atoms with E-state index in [-0.39, 0.29) is 11.7 Å². The highest BCUT2D eigenvalue weighted by molar-refractivity contribution is 8.00. The zero-order valence-corrected chi connectivity index (χ0v) is 18.4. The minimum atomic E-state index is -0.0742. The zero-order chi connectivity index (χ0) is 21.1. The first-order valence-electron chi connectivity index (χ1n) is 9.30. The number of rotatable bonds is 6. The number of nitrogens with zero attached hydrogens (tertiary/aromatic N) is 3. The summed E-state index contributed by atoms with van der Waals surface area (Å²) in [6.45, 7) is 4.08. The van der Waals surface area contributed by atoms with Crippen LogP contribution in [0.1, 0.15) is 11.1 Å². The summed E-state index contributed by atoms with van der Waals surface area (Å²) in [7, 11) is 1.64. The van der Waals surface area contributed by atoms with Gasteiger partial charge in [0.05, 0.1) is 12.9 Å². The summed E-state index contributed by atoms with van der Waals surface area (Å²) in [5.74, 6) is 0.975. The zero-order valence-electron chi connectivity index (χ0n) is 16.8. The van der Waals surface area contributed by atoms with Crippen LogP contribution < -0.4 is 10.1 Å². The lowest BCUT2D eigenvalue weighted by molar-refractivity contribution is -0.113. The first-order valence-corrected chi connectivity index (χ1v) is 11.1. The standard InChI is InChI=1S/C22H20N4O2S2/c1-13-4-7-16(10-14(13)2)25-18(27)11-29-22-21-20(23-12-24-22)19(26-30-21)15-5-8-17(28-3)9-6-15/h4-10,12H,11H2,1-3H3,(H,25,27). The number of methoxy groups -OCH3 is 1. The molecule has 8 heteroatoms. The average molecular weight is 437 g/mol. The van der Waals surface area contributed by atoms with E-state index in [4.69, 9.17) is 4.74 Å². The van der Waals surface area contributed by atoms with Gasteiger partial charge in [-0.1, -0.05) is 17.8 Å². The molecule has 4 rings (SSSR count). The first kappa shape index (κ1) is 20.3. The molecule has 152 valence electrons. The number of anilines is 1. The number of aromatic nitrogens is 3. The largest absolute Gasteiger partial charge is 0.497 e. The lowest BCUT2D eigenvalue weighted by Gasteiger charge is -2.07. The number of carbonyl (C=O) groups excluding carboxylic acids is 1. The molecule has 0 bridgehead atoms. The molecule has 6 nitrogen and oxygen atoms in total. The Kier molecular flexibility index (Phi) is 5.96. The molecule has 0 radical (unpaired) electrons. The summed E-state index contributed by atoms with van der Waals surface area (Å²) in [5.41, 5.74) is 5.70. The highest BCUT2D eigenvalue weighted by Crippen LogP contribution is 2.34. The lowest BCUT2D eigenvalue weighted by Crippen LogP contribution is -2.14. The highest BCUT2D eigenvalue weighted by Gasteiger charge is 2.15. The number of hydrogen-bond acceptors (Lipinski definition) is 7. The van der Waals surface area contributed by atoms with Crippen LogP contribution in [0.15, 0.2) is 53.8 Å². The van der Waals surface area contributed by atoms with Gasteiger partial charge in [0.25, 0.3) is 0 Å². The van der Waals surface area contributed by atoms with Crippen molar-refractivity contribution in [2.75, 3.05) is 18.2 Å². The molecular formula is C22H20N4O2S2. The Morgan fingerprint density at radius 2 is 1.90 bits per heavy atom. The number of nitrogens with one attached hydrogen (secondary N) is 1. The number of amides is 1. The number of ether oxygens (including phenoxy) is 1. The van der Waals surface area contributed by atoms with E-state index in [0.717, 1.165) is 43.5 Å². The molecule has 0 saturated carbocycles. The lowest BCUT2D eigenvalue weighted by atomic mass is 10.1. The Bertz CT molecular complexity index is 1210. The Morgan fingerprint density at radius 1 is 1.10 bits per heavy atom. The number of aryl methyl sites for hydroxylation is 2. The van der Waals surface area contributed by atoms with Gasteiger partial charge < -0.3 is 10.1 Å². The normalized spacial score (nSPS) is 10.9. The number of fused-ring (bicyclic) bond motifs is 1. The Balaban J connectivity index is 1.50. The fraction of sp³-hybridized carbons (Fsp3) is 0.182. The van der Waals surface area contributed by atoms with E-state index in [1.54, 1.807) is 7.11 Å². The third-order valence-electron chi connectivity index (χ3n) is 4.72. The monoisotopic (exact) mass is 436 g/mol. The minimum absolute atomic E-state index is 0.0742. The van der Waals surface area contributed by atoms with Crippen molar-refractivity contribution in [2.24, 2.45) is 0 Å². The van der Waals surface area contributed by atoms with E-state index >= 15 is 0 Å². The predicted octanol–water partition coefficient (Wildman–Crippen LogP) is 5.11. The van der Waals surface area contributed by atoms with Gasteiger partial charge in [-0.05, 0) is 72.9 Å². The predicted molar refractivity (Wildman–Crippen MR) is 122 cm³/mol. The van der Waals surface area contributed by atoms with Crippen molar-refractivity contribution in [3.8, 4) is 17.0 Å². The van der Waals surface area contributed by atoms with Crippen molar-refractivity contribution < 1.29 is 9.53 Å². The van der Waals surface area contributed by atoms with Crippen molar-refractivity contribution in [1.29, 1.82) is 0 Å². The summed E-state index contributed by atoms with van der Waals surface area (Å²) < 4.78 is 10.7. The summed E-state index contributed by atoms with van der Waals surface area (Å²) in [4.78, 5) is 21.2. The molecule has 0 spiro atoms. The summed E-state index contributed by atoms with van der Waals surface area (Å²) in [6, 6.07) is 13.6. The van der Waals surface area contributed by atoms with Gasteiger partial charge >= 0.3 is 0 Å². The van der Waals surface area contributed by atoms with Crippen LogP contribution in [0.4, 0.5) is 5.69 Å². The minimum Gasteiger partial charge on any atom is -0.497 e. The van der Waals surface area contributed by atoms with Crippen LogP contribution in [-0.4, -0.2) is 33.1 Å². The van der Waals surface area contributed by atoms with Gasteiger partial charge in [0, 0.05) is 11.3 Å². The quantitative estimate of drug-likeness (QED) is 0.334. The highest BCUT2D eigenvalue weighted by atomic mass is 32.2. The van der Waals surface area contributed by atoms with Gasteiger partial charge in [-0.2, -0.15) is 4.37 Å². The third kappa shape index (κ3) is 4.29. The first-order chi connectivity index (χ1) is 14.5. The molecule has 0 unspecified atom stereocenters. The molecule has 0 fully saturated rings. The molecule has 2 aromatic carbocycles. The van der Waals surface area contributed by atoms with E-state index < -0.39 is 0 Å².